The second-order valence-electron chi connectivity index (χ2n) is 3.13. The molecule has 0 bridgehead atoms. The van der Waals surface area contributed by atoms with Gasteiger partial charge in [0.2, 0.25) is 0 Å². The van der Waals surface area contributed by atoms with E-state index < -0.39 is 0 Å². The van der Waals surface area contributed by atoms with Gasteiger partial charge in [0.05, 0.1) is 14.2 Å². The quantitative estimate of drug-likeness (QED) is 0.805. The topological polar surface area (TPSA) is 18.5 Å². The lowest BCUT2D eigenvalue weighted by molar-refractivity contribution is 0.351. The molecule has 0 aliphatic carbocycles. The normalized spacial score (nSPS) is 10.1. The molecule has 1 rings (SSSR count). The number of rotatable bonds is 5. The second-order valence-corrected chi connectivity index (χ2v) is 4.01. The molecule has 0 radical (unpaired) electrons. The fourth-order valence-corrected chi connectivity index (χ4v) is 1.85. The third-order valence-electron chi connectivity index (χ3n) is 2.12. The van der Waals surface area contributed by atoms with Crippen molar-refractivity contribution in [2.24, 2.45) is 0 Å². The number of methoxy groups -OCH3 is 2. The van der Waals surface area contributed by atoms with Crippen molar-refractivity contribution >= 4 is 24.2 Å². The Morgan fingerprint density at radius 1 is 1.27 bits per heavy atom. The zero-order valence-corrected chi connectivity index (χ0v) is 10.6. The van der Waals surface area contributed by atoms with Crippen molar-refractivity contribution in [1.82, 2.24) is 0 Å². The van der Waals surface area contributed by atoms with E-state index in [2.05, 4.69) is 12.6 Å². The summed E-state index contributed by atoms with van der Waals surface area (Å²) in [6.45, 7) is 0. The Labute approximate surface area is 101 Å². The largest absolute Gasteiger partial charge is 0.493 e. The fraction of sp³-hybridized carbons (Fsp3) is 0.455. The summed E-state index contributed by atoms with van der Waals surface area (Å²) in [6, 6.07) is 3.66. The maximum absolute atomic E-state index is 5.98. The van der Waals surface area contributed by atoms with Crippen LogP contribution in [0.3, 0.4) is 0 Å². The number of benzene rings is 1. The van der Waals surface area contributed by atoms with Crippen LogP contribution in [0.25, 0.3) is 0 Å². The Kier molecular flexibility index (Phi) is 5.12. The number of thiol groups is 1. The average Bonchev–Trinajstić information content (AvgIpc) is 2.25. The zero-order valence-electron chi connectivity index (χ0n) is 8.92. The molecule has 0 fully saturated rings. The average molecular weight is 247 g/mol. The highest BCUT2D eigenvalue weighted by atomic mass is 35.5. The minimum Gasteiger partial charge on any atom is -0.493 e. The molecule has 84 valence electrons. The van der Waals surface area contributed by atoms with Gasteiger partial charge in [-0.2, -0.15) is 12.6 Å². The maximum Gasteiger partial charge on any atom is 0.163 e. The van der Waals surface area contributed by atoms with Crippen LogP contribution >= 0.6 is 24.2 Å². The lowest BCUT2D eigenvalue weighted by Gasteiger charge is -2.13. The summed E-state index contributed by atoms with van der Waals surface area (Å²) in [7, 11) is 3.24. The molecule has 0 N–H and O–H groups in total. The number of hydrogen-bond acceptors (Lipinski definition) is 3. The molecule has 0 heterocycles. The van der Waals surface area contributed by atoms with Crippen LogP contribution in [0.5, 0.6) is 11.5 Å². The Morgan fingerprint density at radius 3 is 2.53 bits per heavy atom. The summed E-state index contributed by atoms with van der Waals surface area (Å²) in [5.41, 5.74) is 1.07. The van der Waals surface area contributed by atoms with Crippen LogP contribution < -0.4 is 9.47 Å². The highest BCUT2D eigenvalue weighted by Gasteiger charge is 2.11. The highest BCUT2D eigenvalue weighted by molar-refractivity contribution is 7.80. The SMILES string of the molecule is COc1cc(Cl)cc(CCCS)c1OC. The molecule has 0 aliphatic heterocycles. The third-order valence-corrected chi connectivity index (χ3v) is 2.66. The number of halogens is 1. The van der Waals surface area contributed by atoms with Gasteiger partial charge in [-0.25, -0.2) is 0 Å². The summed E-state index contributed by atoms with van der Waals surface area (Å²) < 4.78 is 10.5. The summed E-state index contributed by atoms with van der Waals surface area (Å²) in [5.74, 6) is 2.29. The van der Waals surface area contributed by atoms with Crippen LogP contribution in [0, 0.1) is 0 Å². The van der Waals surface area contributed by atoms with Gasteiger partial charge in [0, 0.05) is 11.1 Å². The van der Waals surface area contributed by atoms with E-state index in [9.17, 15) is 0 Å². The van der Waals surface area contributed by atoms with E-state index in [0.717, 1.165) is 29.9 Å². The molecule has 1 aromatic carbocycles. The van der Waals surface area contributed by atoms with Crippen molar-refractivity contribution in [3.63, 3.8) is 0 Å². The Hall–Kier alpha value is -0.540. The fourth-order valence-electron chi connectivity index (χ4n) is 1.46. The summed E-state index contributed by atoms with van der Waals surface area (Å²) in [4.78, 5) is 0. The van der Waals surface area contributed by atoms with Gasteiger partial charge < -0.3 is 9.47 Å². The van der Waals surface area contributed by atoms with E-state index in [-0.39, 0.29) is 0 Å². The first-order valence-corrected chi connectivity index (χ1v) is 5.75. The minimum atomic E-state index is 0.668. The molecule has 2 nitrogen and oxygen atoms in total. The summed E-state index contributed by atoms with van der Waals surface area (Å²) in [5, 5.41) is 0.668. The molecule has 0 atom stereocenters. The molecular formula is C11H15ClO2S. The molecule has 0 aliphatic rings. The standard InChI is InChI=1S/C11H15ClO2S/c1-13-10-7-9(12)6-8(4-3-5-15)11(10)14-2/h6-7,15H,3-5H2,1-2H3. The van der Waals surface area contributed by atoms with Gasteiger partial charge in [0.15, 0.2) is 11.5 Å². The zero-order chi connectivity index (χ0) is 11.3. The van der Waals surface area contributed by atoms with E-state index >= 15 is 0 Å². The molecule has 15 heavy (non-hydrogen) atoms. The number of hydrogen-bond donors (Lipinski definition) is 1. The summed E-state index contributed by atoms with van der Waals surface area (Å²) in [6.07, 6.45) is 1.88. The van der Waals surface area contributed by atoms with Crippen LogP contribution in [0.1, 0.15) is 12.0 Å². The van der Waals surface area contributed by atoms with E-state index in [1.165, 1.54) is 0 Å². The van der Waals surface area contributed by atoms with Gasteiger partial charge >= 0.3 is 0 Å². The van der Waals surface area contributed by atoms with Crippen molar-refractivity contribution in [3.05, 3.63) is 22.7 Å². The van der Waals surface area contributed by atoms with Gasteiger partial charge in [-0.05, 0) is 30.2 Å². The van der Waals surface area contributed by atoms with Crippen molar-refractivity contribution in [1.29, 1.82) is 0 Å². The van der Waals surface area contributed by atoms with Crippen molar-refractivity contribution < 1.29 is 9.47 Å². The maximum atomic E-state index is 5.98. The molecule has 0 spiro atoms. The van der Waals surface area contributed by atoms with Gasteiger partial charge in [0.1, 0.15) is 0 Å². The smallest absolute Gasteiger partial charge is 0.163 e. The predicted molar refractivity (Wildman–Crippen MR) is 66.7 cm³/mol. The monoisotopic (exact) mass is 246 g/mol. The van der Waals surface area contributed by atoms with E-state index in [1.807, 2.05) is 6.07 Å². The van der Waals surface area contributed by atoms with Gasteiger partial charge in [-0.3, -0.25) is 0 Å². The van der Waals surface area contributed by atoms with Crippen LogP contribution in [0.4, 0.5) is 0 Å². The van der Waals surface area contributed by atoms with Gasteiger partial charge in [0.25, 0.3) is 0 Å². The van der Waals surface area contributed by atoms with E-state index in [4.69, 9.17) is 21.1 Å². The Morgan fingerprint density at radius 2 is 2.00 bits per heavy atom. The van der Waals surface area contributed by atoms with Crippen LogP contribution in [0.15, 0.2) is 12.1 Å². The molecular weight excluding hydrogens is 232 g/mol. The van der Waals surface area contributed by atoms with Gasteiger partial charge in [-0.15, -0.1) is 0 Å². The lowest BCUT2D eigenvalue weighted by Crippen LogP contribution is -1.97. The molecule has 0 aromatic heterocycles. The van der Waals surface area contributed by atoms with Gasteiger partial charge in [-0.1, -0.05) is 11.6 Å². The van der Waals surface area contributed by atoms with Crippen molar-refractivity contribution in [3.8, 4) is 11.5 Å². The predicted octanol–water partition coefficient (Wildman–Crippen LogP) is 3.22. The van der Waals surface area contributed by atoms with E-state index in [0.29, 0.717) is 10.8 Å². The first kappa shape index (κ1) is 12.5. The highest BCUT2D eigenvalue weighted by Crippen LogP contribution is 2.35. The first-order chi connectivity index (χ1) is 7.22. The second kappa shape index (κ2) is 6.13. The summed E-state index contributed by atoms with van der Waals surface area (Å²) >= 11 is 10.2. The molecule has 0 saturated heterocycles. The Balaban J connectivity index is 3.05. The van der Waals surface area contributed by atoms with E-state index in [1.54, 1.807) is 20.3 Å². The van der Waals surface area contributed by atoms with Crippen molar-refractivity contribution in [2.75, 3.05) is 20.0 Å². The first-order valence-electron chi connectivity index (χ1n) is 4.74. The molecule has 0 unspecified atom stereocenters. The molecule has 0 amide bonds. The van der Waals surface area contributed by atoms with Crippen molar-refractivity contribution in [2.45, 2.75) is 12.8 Å². The number of aryl methyl sites for hydroxylation is 1. The third kappa shape index (κ3) is 3.21. The lowest BCUT2D eigenvalue weighted by atomic mass is 10.1. The molecule has 1 aromatic rings. The minimum absolute atomic E-state index is 0.668. The molecule has 4 heteroatoms. The van der Waals surface area contributed by atoms with Crippen LogP contribution in [0.2, 0.25) is 5.02 Å². The molecule has 0 saturated carbocycles. The van der Waals surface area contributed by atoms with Crippen LogP contribution in [-0.2, 0) is 6.42 Å². The van der Waals surface area contributed by atoms with Crippen LogP contribution in [-0.4, -0.2) is 20.0 Å². The Bertz CT molecular complexity index is 329. The number of ether oxygens (including phenoxy) is 2.